The minimum Gasteiger partial charge on any atom is -0.323 e. The van der Waals surface area contributed by atoms with Crippen LogP contribution in [0.5, 0.6) is 0 Å². The number of hydrogen-bond donors (Lipinski definition) is 2. The number of hydrogen-bond acceptors (Lipinski definition) is 3. The van der Waals surface area contributed by atoms with Crippen LogP contribution in [0.2, 0.25) is 0 Å². The van der Waals surface area contributed by atoms with Crippen LogP contribution in [0.25, 0.3) is 0 Å². The Morgan fingerprint density at radius 2 is 1.31 bits per heavy atom. The van der Waals surface area contributed by atoms with Gasteiger partial charge in [-0.25, -0.2) is 0 Å². The predicted octanol–water partition coefficient (Wildman–Crippen LogP) is 4.88. The minimum atomic E-state index is -3.94. The molecule has 0 saturated heterocycles. The van der Waals surface area contributed by atoms with E-state index in [2.05, 4.69) is 5.32 Å². The van der Waals surface area contributed by atoms with Crippen molar-refractivity contribution in [1.29, 1.82) is 0 Å². The normalized spacial score (nSPS) is 14.5. The number of benzene rings is 3. The maximum absolute atomic E-state index is 13.0. The molecule has 2 atom stereocenters. The van der Waals surface area contributed by atoms with E-state index in [-0.39, 0.29) is 6.61 Å². The van der Waals surface area contributed by atoms with E-state index in [0.29, 0.717) is 6.54 Å². The third-order valence-corrected chi connectivity index (χ3v) is 5.68. The zero-order valence-electron chi connectivity index (χ0n) is 14.4. The Hall–Kier alpha value is -2.23. The topological polar surface area (TPSA) is 58.6 Å². The smallest absolute Gasteiger partial charge is 0.323 e. The SMILES string of the molecule is O=P(O)(OCc1ccccc1)C(NCc1ccccc1)c1ccccc1. The van der Waals surface area contributed by atoms with Gasteiger partial charge in [-0.2, -0.15) is 0 Å². The summed E-state index contributed by atoms with van der Waals surface area (Å²) in [7, 11) is -3.94. The maximum Gasteiger partial charge on any atom is 0.349 e. The van der Waals surface area contributed by atoms with Crippen LogP contribution in [-0.2, 0) is 22.2 Å². The van der Waals surface area contributed by atoms with E-state index in [1.54, 1.807) is 0 Å². The van der Waals surface area contributed by atoms with Crippen molar-refractivity contribution in [1.82, 2.24) is 5.32 Å². The Bertz CT molecular complexity index is 841. The fourth-order valence-corrected chi connectivity index (χ4v) is 4.04. The molecule has 0 saturated carbocycles. The molecule has 0 aliphatic heterocycles. The Morgan fingerprint density at radius 1 is 0.808 bits per heavy atom. The van der Waals surface area contributed by atoms with Crippen molar-refractivity contribution in [3.8, 4) is 0 Å². The molecule has 0 heterocycles. The minimum absolute atomic E-state index is 0.0883. The molecular weight excluding hydrogens is 345 g/mol. The highest BCUT2D eigenvalue weighted by molar-refractivity contribution is 7.53. The van der Waals surface area contributed by atoms with E-state index in [0.717, 1.165) is 16.7 Å². The lowest BCUT2D eigenvalue weighted by molar-refractivity contribution is 0.236. The molecule has 3 aromatic carbocycles. The lowest BCUT2D eigenvalue weighted by Gasteiger charge is -2.24. The van der Waals surface area contributed by atoms with Crippen LogP contribution in [-0.4, -0.2) is 4.89 Å². The molecule has 2 N–H and O–H groups in total. The summed E-state index contributed by atoms with van der Waals surface area (Å²) in [5.41, 5.74) is 2.62. The number of rotatable bonds is 8. The Balaban J connectivity index is 1.76. The standard InChI is InChI=1S/C21H22NO3P/c23-26(24,25-17-19-12-6-2-7-13-19)21(20-14-8-3-9-15-20)22-16-18-10-4-1-5-11-18/h1-15,21-22H,16-17H2,(H,23,24). The van der Waals surface area contributed by atoms with Gasteiger partial charge >= 0.3 is 7.60 Å². The van der Waals surface area contributed by atoms with E-state index < -0.39 is 13.4 Å². The van der Waals surface area contributed by atoms with Crippen molar-refractivity contribution >= 4 is 7.60 Å². The van der Waals surface area contributed by atoms with Crippen LogP contribution >= 0.6 is 7.60 Å². The van der Waals surface area contributed by atoms with Crippen molar-refractivity contribution in [3.05, 3.63) is 108 Å². The predicted molar refractivity (Wildman–Crippen MR) is 104 cm³/mol. The molecule has 0 aromatic heterocycles. The summed E-state index contributed by atoms with van der Waals surface area (Å²) in [4.78, 5) is 10.6. The molecule has 0 radical (unpaired) electrons. The number of nitrogens with one attached hydrogen (secondary N) is 1. The largest absolute Gasteiger partial charge is 0.349 e. The van der Waals surface area contributed by atoms with Gasteiger partial charge in [-0.15, -0.1) is 0 Å². The van der Waals surface area contributed by atoms with Gasteiger partial charge in [0.15, 0.2) is 0 Å². The molecule has 0 fully saturated rings. The van der Waals surface area contributed by atoms with Gasteiger partial charge in [0.25, 0.3) is 0 Å². The van der Waals surface area contributed by atoms with Gasteiger partial charge in [0.05, 0.1) is 6.61 Å². The lowest BCUT2D eigenvalue weighted by atomic mass is 10.2. The van der Waals surface area contributed by atoms with Gasteiger partial charge in [-0.3, -0.25) is 9.88 Å². The van der Waals surface area contributed by atoms with Crippen molar-refractivity contribution in [2.45, 2.75) is 18.9 Å². The third-order valence-electron chi connectivity index (χ3n) is 4.04. The third kappa shape index (κ3) is 5.13. The Labute approximate surface area is 154 Å². The van der Waals surface area contributed by atoms with Gasteiger partial charge in [0.1, 0.15) is 5.78 Å². The highest BCUT2D eigenvalue weighted by Gasteiger charge is 2.33. The van der Waals surface area contributed by atoms with E-state index >= 15 is 0 Å². The molecule has 134 valence electrons. The summed E-state index contributed by atoms with van der Waals surface area (Å²) >= 11 is 0. The summed E-state index contributed by atoms with van der Waals surface area (Å²) in [6.07, 6.45) is 0. The zero-order valence-corrected chi connectivity index (χ0v) is 15.3. The second-order valence-corrected chi connectivity index (χ2v) is 7.91. The van der Waals surface area contributed by atoms with Crippen LogP contribution in [0.15, 0.2) is 91.0 Å². The average Bonchev–Trinajstić information content (AvgIpc) is 2.69. The maximum atomic E-state index is 13.0. The first-order chi connectivity index (χ1) is 12.6. The van der Waals surface area contributed by atoms with Gasteiger partial charge in [-0.05, 0) is 16.7 Å². The van der Waals surface area contributed by atoms with E-state index in [1.165, 1.54) is 0 Å². The highest BCUT2D eigenvalue weighted by atomic mass is 31.2. The lowest BCUT2D eigenvalue weighted by Crippen LogP contribution is -2.22. The molecule has 0 bridgehead atoms. The van der Waals surface area contributed by atoms with Gasteiger partial charge in [0, 0.05) is 6.54 Å². The highest BCUT2D eigenvalue weighted by Crippen LogP contribution is 2.55. The van der Waals surface area contributed by atoms with Crippen molar-refractivity contribution in [2.75, 3.05) is 0 Å². The molecule has 4 nitrogen and oxygen atoms in total. The van der Waals surface area contributed by atoms with Crippen molar-refractivity contribution < 1.29 is 14.0 Å². The van der Waals surface area contributed by atoms with Crippen LogP contribution in [0.1, 0.15) is 22.5 Å². The van der Waals surface area contributed by atoms with Crippen molar-refractivity contribution in [3.63, 3.8) is 0 Å². The first kappa shape index (κ1) is 18.6. The molecule has 0 aliphatic rings. The molecule has 0 amide bonds. The van der Waals surface area contributed by atoms with Crippen LogP contribution in [0.4, 0.5) is 0 Å². The molecule has 0 spiro atoms. The zero-order chi connectivity index (χ0) is 18.2. The fraction of sp³-hybridized carbons (Fsp3) is 0.143. The molecule has 26 heavy (non-hydrogen) atoms. The van der Waals surface area contributed by atoms with Crippen LogP contribution < -0.4 is 5.32 Å². The molecule has 0 aliphatic carbocycles. The molecule has 3 rings (SSSR count). The first-order valence-electron chi connectivity index (χ1n) is 8.48. The summed E-state index contributed by atoms with van der Waals surface area (Å²) < 4.78 is 18.4. The van der Waals surface area contributed by atoms with Gasteiger partial charge in [0.2, 0.25) is 0 Å². The molecule has 3 aromatic rings. The monoisotopic (exact) mass is 367 g/mol. The Kier molecular flexibility index (Phi) is 6.37. The summed E-state index contributed by atoms with van der Waals surface area (Å²) in [6, 6.07) is 28.4. The molecule has 2 unspecified atom stereocenters. The second kappa shape index (κ2) is 8.93. The fourth-order valence-electron chi connectivity index (χ4n) is 2.68. The first-order valence-corrected chi connectivity index (χ1v) is 10.1. The quantitative estimate of drug-likeness (QED) is 0.557. The Morgan fingerprint density at radius 3 is 1.88 bits per heavy atom. The summed E-state index contributed by atoms with van der Waals surface area (Å²) in [5.74, 6) is -0.799. The second-order valence-electron chi connectivity index (χ2n) is 6.00. The van der Waals surface area contributed by atoms with Crippen LogP contribution in [0.3, 0.4) is 0 Å². The van der Waals surface area contributed by atoms with E-state index in [4.69, 9.17) is 4.52 Å². The molecule has 5 heteroatoms. The van der Waals surface area contributed by atoms with Crippen molar-refractivity contribution in [2.24, 2.45) is 0 Å². The summed E-state index contributed by atoms with van der Waals surface area (Å²) in [6.45, 7) is 0.560. The molecular formula is C21H22NO3P. The van der Waals surface area contributed by atoms with E-state index in [1.807, 2.05) is 91.0 Å². The summed E-state index contributed by atoms with van der Waals surface area (Å²) in [5, 5.41) is 3.19. The average molecular weight is 367 g/mol. The van der Waals surface area contributed by atoms with Gasteiger partial charge in [-0.1, -0.05) is 91.0 Å². The van der Waals surface area contributed by atoms with Gasteiger partial charge < -0.3 is 9.42 Å². The van der Waals surface area contributed by atoms with Crippen LogP contribution in [0, 0.1) is 0 Å². The van der Waals surface area contributed by atoms with E-state index in [9.17, 15) is 9.46 Å².